The zero-order valence-electron chi connectivity index (χ0n) is 12.2. The molecule has 10 heteroatoms. The molecule has 2 N–H and O–H groups in total. The third kappa shape index (κ3) is 6.04. The summed E-state index contributed by atoms with van der Waals surface area (Å²) in [6.45, 7) is 6.68. The van der Waals surface area contributed by atoms with E-state index in [9.17, 15) is 13.2 Å². The monoisotopic (exact) mass is 336 g/mol. The zero-order valence-corrected chi connectivity index (χ0v) is 13.9. The molecule has 120 valence electrons. The lowest BCUT2D eigenvalue weighted by Crippen LogP contribution is -2.25. The van der Waals surface area contributed by atoms with Crippen molar-refractivity contribution < 1.29 is 17.9 Å². The largest absolute Gasteiger partial charge is 0.382 e. The fourth-order valence-electron chi connectivity index (χ4n) is 1.21. The Morgan fingerprint density at radius 1 is 1.38 bits per heavy atom. The Labute approximate surface area is 128 Å². The topological polar surface area (TPSA) is 110 Å². The Balaban J connectivity index is 2.56. The first-order valence-corrected chi connectivity index (χ1v) is 8.88. The van der Waals surface area contributed by atoms with Crippen molar-refractivity contribution in [3.63, 3.8) is 0 Å². The molecule has 0 radical (unpaired) electrons. The lowest BCUT2D eigenvalue weighted by molar-refractivity contribution is -0.118. The second kappa shape index (κ2) is 8.37. The molecule has 0 unspecified atom stereocenters. The SMILES string of the molecule is CCOCCCNS(=O)(=O)c1nnc(NC(=O)C(C)C)s1. The molecule has 0 aromatic carbocycles. The highest BCUT2D eigenvalue weighted by molar-refractivity contribution is 7.91. The van der Waals surface area contributed by atoms with Gasteiger partial charge in [0.1, 0.15) is 0 Å². The van der Waals surface area contributed by atoms with Crippen molar-refractivity contribution in [3.05, 3.63) is 0 Å². The van der Waals surface area contributed by atoms with Crippen LogP contribution in [0.2, 0.25) is 0 Å². The molecule has 0 spiro atoms. The van der Waals surface area contributed by atoms with Crippen molar-refractivity contribution in [3.8, 4) is 0 Å². The minimum Gasteiger partial charge on any atom is -0.382 e. The summed E-state index contributed by atoms with van der Waals surface area (Å²) in [7, 11) is -3.69. The summed E-state index contributed by atoms with van der Waals surface area (Å²) >= 11 is 0.818. The van der Waals surface area contributed by atoms with E-state index in [4.69, 9.17) is 4.74 Å². The van der Waals surface area contributed by atoms with Crippen LogP contribution in [0.5, 0.6) is 0 Å². The molecule has 0 aliphatic rings. The van der Waals surface area contributed by atoms with Crippen LogP contribution in [0.25, 0.3) is 0 Å². The normalized spacial score (nSPS) is 11.8. The molecule has 0 aliphatic carbocycles. The van der Waals surface area contributed by atoms with Gasteiger partial charge in [-0.15, -0.1) is 10.2 Å². The Kier molecular flexibility index (Phi) is 7.15. The highest BCUT2D eigenvalue weighted by Gasteiger charge is 2.20. The molecular weight excluding hydrogens is 316 g/mol. The van der Waals surface area contributed by atoms with Gasteiger partial charge in [-0.2, -0.15) is 0 Å². The molecule has 1 amide bonds. The van der Waals surface area contributed by atoms with E-state index in [2.05, 4.69) is 20.2 Å². The molecule has 1 aromatic rings. The summed E-state index contributed by atoms with van der Waals surface area (Å²) < 4.78 is 31.2. The molecule has 0 saturated carbocycles. The number of hydrogen-bond donors (Lipinski definition) is 2. The van der Waals surface area contributed by atoms with Gasteiger partial charge in [-0.25, -0.2) is 13.1 Å². The van der Waals surface area contributed by atoms with Crippen LogP contribution in [0.15, 0.2) is 4.34 Å². The number of anilines is 1. The molecule has 1 aromatic heterocycles. The number of carbonyl (C=O) groups is 1. The van der Waals surface area contributed by atoms with Crippen LogP contribution in [0.1, 0.15) is 27.2 Å². The van der Waals surface area contributed by atoms with E-state index in [1.807, 2.05) is 6.92 Å². The molecular formula is C11H20N4O4S2. The highest BCUT2D eigenvalue weighted by atomic mass is 32.2. The first kappa shape index (κ1) is 18.0. The minimum atomic E-state index is -3.69. The Bertz CT molecular complexity index is 556. The van der Waals surface area contributed by atoms with Gasteiger partial charge in [0.2, 0.25) is 15.4 Å². The summed E-state index contributed by atoms with van der Waals surface area (Å²) in [5.41, 5.74) is 0. The molecule has 0 saturated heterocycles. The lowest BCUT2D eigenvalue weighted by atomic mass is 10.2. The van der Waals surface area contributed by atoms with Gasteiger partial charge in [-0.1, -0.05) is 25.2 Å². The van der Waals surface area contributed by atoms with Crippen molar-refractivity contribution in [2.75, 3.05) is 25.1 Å². The van der Waals surface area contributed by atoms with E-state index in [0.717, 1.165) is 11.3 Å². The first-order chi connectivity index (χ1) is 9.86. The van der Waals surface area contributed by atoms with Gasteiger partial charge in [0, 0.05) is 25.7 Å². The summed E-state index contributed by atoms with van der Waals surface area (Å²) in [6.07, 6.45) is 0.572. The average Bonchev–Trinajstić information content (AvgIpc) is 2.87. The molecule has 0 bridgehead atoms. The van der Waals surface area contributed by atoms with Gasteiger partial charge < -0.3 is 10.1 Å². The highest BCUT2D eigenvalue weighted by Crippen LogP contribution is 2.20. The molecule has 21 heavy (non-hydrogen) atoms. The standard InChI is InChI=1S/C11H20N4O4S2/c1-4-19-7-5-6-12-21(17,18)11-15-14-10(20-11)13-9(16)8(2)3/h8,12H,4-7H2,1-3H3,(H,13,14,16). The van der Waals surface area contributed by atoms with Crippen LogP contribution in [-0.2, 0) is 19.6 Å². The summed E-state index contributed by atoms with van der Waals surface area (Å²) in [5.74, 6) is -0.453. The molecule has 0 fully saturated rings. The molecule has 0 aliphatic heterocycles. The Morgan fingerprint density at radius 3 is 2.71 bits per heavy atom. The van der Waals surface area contributed by atoms with E-state index in [1.54, 1.807) is 13.8 Å². The molecule has 0 atom stereocenters. The lowest BCUT2D eigenvalue weighted by Gasteiger charge is -2.04. The van der Waals surface area contributed by atoms with Gasteiger partial charge >= 0.3 is 0 Å². The van der Waals surface area contributed by atoms with Crippen LogP contribution in [0.3, 0.4) is 0 Å². The predicted octanol–water partition coefficient (Wildman–Crippen LogP) is 0.838. The van der Waals surface area contributed by atoms with E-state index in [1.165, 1.54) is 0 Å². The van der Waals surface area contributed by atoms with Crippen LogP contribution >= 0.6 is 11.3 Å². The van der Waals surface area contributed by atoms with Gasteiger partial charge in [0.25, 0.3) is 10.0 Å². The Morgan fingerprint density at radius 2 is 2.10 bits per heavy atom. The minimum absolute atomic E-state index is 0.169. The summed E-state index contributed by atoms with van der Waals surface area (Å²) in [5, 5.41) is 9.92. The number of aromatic nitrogens is 2. The van der Waals surface area contributed by atoms with Crippen molar-refractivity contribution in [1.29, 1.82) is 0 Å². The van der Waals surface area contributed by atoms with E-state index in [-0.39, 0.29) is 27.8 Å². The maximum atomic E-state index is 11.9. The smallest absolute Gasteiger partial charge is 0.269 e. The van der Waals surface area contributed by atoms with Crippen molar-refractivity contribution in [1.82, 2.24) is 14.9 Å². The summed E-state index contributed by atoms with van der Waals surface area (Å²) in [6, 6.07) is 0. The third-order valence-electron chi connectivity index (χ3n) is 2.35. The number of nitrogens with one attached hydrogen (secondary N) is 2. The fraction of sp³-hybridized carbons (Fsp3) is 0.727. The fourth-order valence-corrected chi connectivity index (χ4v) is 3.22. The molecule has 1 heterocycles. The zero-order chi connectivity index (χ0) is 15.9. The number of ether oxygens (including phenoxy) is 1. The second-order valence-electron chi connectivity index (χ2n) is 4.47. The number of sulfonamides is 1. The molecule has 8 nitrogen and oxygen atoms in total. The van der Waals surface area contributed by atoms with E-state index < -0.39 is 10.0 Å². The van der Waals surface area contributed by atoms with Crippen LogP contribution in [-0.4, -0.2) is 44.3 Å². The van der Waals surface area contributed by atoms with Gasteiger partial charge in [0.05, 0.1) is 0 Å². The number of rotatable bonds is 9. The van der Waals surface area contributed by atoms with Crippen LogP contribution in [0.4, 0.5) is 5.13 Å². The van der Waals surface area contributed by atoms with Crippen molar-refractivity contribution >= 4 is 32.4 Å². The van der Waals surface area contributed by atoms with Crippen LogP contribution in [0, 0.1) is 5.92 Å². The van der Waals surface area contributed by atoms with Crippen molar-refractivity contribution in [2.45, 2.75) is 31.5 Å². The third-order valence-corrected chi connectivity index (χ3v) is 5.02. The van der Waals surface area contributed by atoms with E-state index in [0.29, 0.717) is 19.6 Å². The number of hydrogen-bond acceptors (Lipinski definition) is 7. The van der Waals surface area contributed by atoms with Gasteiger partial charge in [0.15, 0.2) is 0 Å². The van der Waals surface area contributed by atoms with Crippen LogP contribution < -0.4 is 10.0 Å². The predicted molar refractivity (Wildman–Crippen MR) is 79.7 cm³/mol. The maximum Gasteiger partial charge on any atom is 0.269 e. The second-order valence-corrected chi connectivity index (χ2v) is 7.38. The number of carbonyl (C=O) groups excluding carboxylic acids is 1. The Hall–Kier alpha value is -1.10. The van der Waals surface area contributed by atoms with E-state index >= 15 is 0 Å². The number of nitrogens with zero attached hydrogens (tertiary/aromatic N) is 2. The van der Waals surface area contributed by atoms with Crippen molar-refractivity contribution in [2.24, 2.45) is 5.92 Å². The summed E-state index contributed by atoms with van der Waals surface area (Å²) in [4.78, 5) is 11.5. The number of amides is 1. The first-order valence-electron chi connectivity index (χ1n) is 6.58. The average molecular weight is 336 g/mol. The van der Waals surface area contributed by atoms with Gasteiger partial charge in [-0.3, -0.25) is 4.79 Å². The quantitative estimate of drug-likeness (QED) is 0.511. The van der Waals surface area contributed by atoms with Gasteiger partial charge in [-0.05, 0) is 13.3 Å². The molecule has 1 rings (SSSR count). The maximum absolute atomic E-state index is 11.9.